The normalized spacial score (nSPS) is 11.4. The van der Waals surface area contributed by atoms with E-state index in [1.165, 1.54) is 109 Å². The van der Waals surface area contributed by atoms with Crippen LogP contribution in [0.1, 0.15) is 115 Å². The van der Waals surface area contributed by atoms with Crippen LogP contribution in [0.4, 0.5) is 0 Å². The third-order valence-electron chi connectivity index (χ3n) is 5.17. The minimum Gasteiger partial charge on any atom is -0.338 e. The molecule has 0 spiro atoms. The second-order valence-electron chi connectivity index (χ2n) is 7.90. The zero-order valence-corrected chi connectivity index (χ0v) is 19.4. The first-order valence-corrected chi connectivity index (χ1v) is 12.7. The van der Waals surface area contributed by atoms with Gasteiger partial charge in [-0.1, -0.05) is 103 Å². The molecule has 0 aliphatic carbocycles. The number of nitrogens with zero attached hydrogens (tertiary/aromatic N) is 2. The van der Waals surface area contributed by atoms with Gasteiger partial charge < -0.3 is 4.57 Å². The fourth-order valence-electron chi connectivity index (χ4n) is 3.47. The lowest BCUT2D eigenvalue weighted by molar-refractivity contribution is -1.92. The van der Waals surface area contributed by atoms with Gasteiger partial charge in [0.05, 0.1) is 14.9 Å². The number of rotatable bonds is 17. The Labute approximate surface area is 180 Å². The van der Waals surface area contributed by atoms with Crippen molar-refractivity contribution in [3.05, 3.63) is 18.2 Å². The number of halogens is 1. The van der Waals surface area contributed by atoms with E-state index in [0.29, 0.717) is 0 Å². The Balaban J connectivity index is 0.00000139. The molecule has 1 aromatic rings. The number of aromatic nitrogens is 2. The van der Waals surface area contributed by atoms with Crippen molar-refractivity contribution in [2.75, 3.05) is 0 Å². The molecule has 0 radical (unpaired) electrons. The first-order chi connectivity index (χ1) is 13.8. The summed E-state index contributed by atoms with van der Waals surface area (Å²) in [5.41, 5.74) is 0. The zero-order chi connectivity index (χ0) is 21.8. The van der Waals surface area contributed by atoms with Gasteiger partial charge in [0.1, 0.15) is 5.82 Å². The lowest BCUT2D eigenvalue weighted by Gasteiger charge is -2.04. The van der Waals surface area contributed by atoms with E-state index in [1.54, 1.807) is 0 Å². The maximum absolute atomic E-state index is 8.60. The fourth-order valence-corrected chi connectivity index (χ4v) is 3.47. The first-order valence-electron chi connectivity index (χ1n) is 11.4. The van der Waals surface area contributed by atoms with E-state index < -0.39 is 10.2 Å². The predicted molar refractivity (Wildman–Crippen MR) is 109 cm³/mol. The number of hydrogen-bond donors (Lipinski definition) is 1. The molecular weight excluding hydrogens is 392 g/mol. The second kappa shape index (κ2) is 19.3. The lowest BCUT2D eigenvalue weighted by atomic mass is 10.0. The summed E-state index contributed by atoms with van der Waals surface area (Å²) in [6, 6.07) is 0. The van der Waals surface area contributed by atoms with Crippen molar-refractivity contribution in [1.29, 1.82) is 0 Å². The second-order valence-corrected chi connectivity index (χ2v) is 8.70. The summed E-state index contributed by atoms with van der Waals surface area (Å²) >= 11 is 0. The summed E-state index contributed by atoms with van der Waals surface area (Å²) in [5.74, 6) is 1.24. The van der Waals surface area contributed by atoms with Crippen LogP contribution in [0.2, 0.25) is 0 Å². The van der Waals surface area contributed by atoms with Gasteiger partial charge in [-0.15, -0.1) is 0 Å². The first kappa shape index (κ1) is 28.3. The minimum absolute atomic E-state index is 1.14. The maximum atomic E-state index is 8.60. The van der Waals surface area contributed by atoms with Gasteiger partial charge in [0.25, 0.3) is 0 Å². The van der Waals surface area contributed by atoms with E-state index in [4.69, 9.17) is 18.6 Å². The molecule has 172 valence electrons. The maximum Gasteiger partial charge on any atom is 0.108 e. The van der Waals surface area contributed by atoms with Gasteiger partial charge in [-0.25, -0.2) is 4.98 Å². The Morgan fingerprint density at radius 1 is 0.759 bits per heavy atom. The van der Waals surface area contributed by atoms with Crippen LogP contribution in [-0.4, -0.2) is 14.2 Å². The third-order valence-corrected chi connectivity index (χ3v) is 5.17. The van der Waals surface area contributed by atoms with Gasteiger partial charge >= 0.3 is 0 Å². The standard InChI is InChI=1S/C22H42N2.ClHO4/c1-3-4-5-6-7-8-9-10-11-12-13-14-15-16-17-18-19-22-23-20-21-24(22)2;2-1(3,4)5/h20-21H,3-19H2,1-2H3;(H,2,3,4,5). The molecule has 1 N–H and O–H groups in total. The Morgan fingerprint density at radius 2 is 1.10 bits per heavy atom. The Bertz CT molecular complexity index is 458. The van der Waals surface area contributed by atoms with Gasteiger partial charge in [-0.05, 0) is 6.42 Å². The molecule has 0 saturated heterocycles. The van der Waals surface area contributed by atoms with Crippen molar-refractivity contribution in [1.82, 2.24) is 9.55 Å². The van der Waals surface area contributed by atoms with E-state index in [-0.39, 0.29) is 0 Å². The van der Waals surface area contributed by atoms with Gasteiger partial charge in [0, 0.05) is 25.9 Å². The van der Waals surface area contributed by atoms with Crippen molar-refractivity contribution >= 4 is 0 Å². The van der Waals surface area contributed by atoms with Gasteiger partial charge in [0.15, 0.2) is 0 Å². The summed E-state index contributed by atoms with van der Waals surface area (Å²) in [5, 5.41) is 0. The van der Waals surface area contributed by atoms with Crippen molar-refractivity contribution in [2.24, 2.45) is 7.05 Å². The molecule has 1 aromatic heterocycles. The summed E-state index contributed by atoms with van der Waals surface area (Å²) < 4.78 is 34.9. The highest BCUT2D eigenvalue weighted by Gasteiger charge is 1.99. The van der Waals surface area contributed by atoms with E-state index in [9.17, 15) is 0 Å². The van der Waals surface area contributed by atoms with Crippen molar-refractivity contribution < 1.29 is 28.9 Å². The topological polar surface area (TPSA) is 107 Å². The summed E-state index contributed by atoms with van der Waals surface area (Å²) in [6.45, 7) is 2.29. The van der Waals surface area contributed by atoms with Gasteiger partial charge in [0.2, 0.25) is 0 Å². The molecule has 0 amide bonds. The van der Waals surface area contributed by atoms with E-state index in [2.05, 4.69) is 23.5 Å². The average Bonchev–Trinajstić information content (AvgIpc) is 3.05. The SMILES string of the molecule is CCCCCCCCCCCCCCCCCCc1nccn1C.[O-][Cl+3]([O-])([O-])O. The Morgan fingerprint density at radius 3 is 1.41 bits per heavy atom. The molecule has 0 saturated carbocycles. The predicted octanol–water partition coefficient (Wildman–Crippen LogP) is 3.10. The fraction of sp³-hybridized carbons (Fsp3) is 0.864. The molecule has 7 heteroatoms. The van der Waals surface area contributed by atoms with Crippen LogP contribution in [0.15, 0.2) is 12.4 Å². The molecule has 0 bridgehead atoms. The molecule has 6 nitrogen and oxygen atoms in total. The molecule has 0 aliphatic heterocycles. The molecule has 0 aliphatic rings. The molecule has 0 aromatic carbocycles. The summed E-state index contributed by atoms with van der Waals surface area (Å²) in [7, 11) is -2.60. The van der Waals surface area contributed by atoms with Crippen molar-refractivity contribution in [2.45, 2.75) is 116 Å². The highest BCUT2D eigenvalue weighted by molar-refractivity contribution is 4.90. The zero-order valence-electron chi connectivity index (χ0n) is 18.6. The molecule has 1 heterocycles. The van der Waals surface area contributed by atoms with E-state index in [0.717, 1.165) is 6.42 Å². The number of imidazole rings is 1. The van der Waals surface area contributed by atoms with E-state index >= 15 is 0 Å². The smallest absolute Gasteiger partial charge is 0.108 e. The number of unbranched alkanes of at least 4 members (excludes halogenated alkanes) is 15. The minimum atomic E-state index is -4.69. The third kappa shape index (κ3) is 23.5. The van der Waals surface area contributed by atoms with Crippen LogP contribution < -0.4 is 14.0 Å². The van der Waals surface area contributed by atoms with Crippen LogP contribution in [-0.2, 0) is 13.5 Å². The van der Waals surface area contributed by atoms with E-state index in [1.807, 2.05) is 12.4 Å². The van der Waals surface area contributed by atoms with Crippen LogP contribution >= 0.6 is 0 Å². The van der Waals surface area contributed by atoms with Gasteiger partial charge in [-0.2, -0.15) is 14.0 Å². The highest BCUT2D eigenvalue weighted by atomic mass is 35.7. The van der Waals surface area contributed by atoms with Gasteiger partial charge in [-0.3, -0.25) is 0 Å². The molecule has 0 atom stereocenters. The average molecular weight is 435 g/mol. The Kier molecular flexibility index (Phi) is 18.9. The number of hydrogen-bond acceptors (Lipinski definition) is 5. The van der Waals surface area contributed by atoms with Crippen LogP contribution in [0.5, 0.6) is 0 Å². The number of aryl methyl sites for hydroxylation is 2. The van der Waals surface area contributed by atoms with Crippen LogP contribution in [0, 0.1) is 10.2 Å². The largest absolute Gasteiger partial charge is 0.338 e. The van der Waals surface area contributed by atoms with Crippen LogP contribution in [0.3, 0.4) is 0 Å². The molecule has 0 unspecified atom stereocenters. The molecule has 1 rings (SSSR count). The monoisotopic (exact) mass is 434 g/mol. The Hall–Kier alpha value is -0.660. The quantitative estimate of drug-likeness (QED) is 0.379. The van der Waals surface area contributed by atoms with Crippen molar-refractivity contribution in [3.63, 3.8) is 0 Å². The molecule has 0 fully saturated rings. The molecular formula is C22H43ClN2O4. The summed E-state index contributed by atoms with van der Waals surface area (Å²) in [4.78, 5) is 4.39. The molecule has 29 heavy (non-hydrogen) atoms. The van der Waals surface area contributed by atoms with Crippen LogP contribution in [0.25, 0.3) is 0 Å². The van der Waals surface area contributed by atoms with Crippen molar-refractivity contribution in [3.8, 4) is 0 Å². The highest BCUT2D eigenvalue weighted by Crippen LogP contribution is 2.14. The summed E-state index contributed by atoms with van der Waals surface area (Å²) in [6.07, 6.45) is 28.0. The lowest BCUT2D eigenvalue weighted by Crippen LogP contribution is -2.58.